The number of carbonyl (C=O) groups is 1. The molecule has 5 heteroatoms. The van der Waals surface area contributed by atoms with Crippen LogP contribution in [0.15, 0.2) is 16.6 Å². The highest BCUT2D eigenvalue weighted by Gasteiger charge is 2.16. The number of carbonyl (C=O) groups excluding carboxylic acids is 1. The molecular weight excluding hydrogens is 319 g/mol. The molecule has 0 radical (unpaired) electrons. The lowest BCUT2D eigenvalue weighted by atomic mass is 10.1. The Labute approximate surface area is 97.7 Å². The second kappa shape index (κ2) is 4.89. The molecule has 1 aromatic carbocycles. The highest BCUT2D eigenvalue weighted by atomic mass is 79.9. The summed E-state index contributed by atoms with van der Waals surface area (Å²) in [6.45, 7) is 0. The van der Waals surface area contributed by atoms with Crippen LogP contribution >= 0.6 is 31.9 Å². The molecule has 0 fully saturated rings. The number of methoxy groups -OCH3 is 1. The molecule has 0 saturated carbocycles. The van der Waals surface area contributed by atoms with Crippen LogP contribution in [0.2, 0.25) is 0 Å². The van der Waals surface area contributed by atoms with E-state index < -0.39 is 5.82 Å². The monoisotopic (exact) mass is 324 g/mol. The van der Waals surface area contributed by atoms with E-state index in [9.17, 15) is 9.18 Å². The number of hydrogen-bond acceptors (Lipinski definition) is 2. The molecular formula is C9H7Br2FO2. The van der Waals surface area contributed by atoms with Gasteiger partial charge in [0.25, 0.3) is 0 Å². The van der Waals surface area contributed by atoms with Crippen molar-refractivity contribution in [1.29, 1.82) is 0 Å². The number of Topliss-reactive ketones (excluding diaryl/α,β-unsaturated/α-hetero) is 1. The number of benzene rings is 1. The zero-order chi connectivity index (χ0) is 10.7. The summed E-state index contributed by atoms with van der Waals surface area (Å²) in [6, 6.07) is 2.95. The van der Waals surface area contributed by atoms with E-state index in [0.29, 0.717) is 5.75 Å². The summed E-state index contributed by atoms with van der Waals surface area (Å²) in [7, 11) is 1.44. The van der Waals surface area contributed by atoms with Gasteiger partial charge in [0, 0.05) is 0 Å². The summed E-state index contributed by atoms with van der Waals surface area (Å²) in [5.41, 5.74) is 0.0505. The maximum Gasteiger partial charge on any atom is 0.176 e. The van der Waals surface area contributed by atoms with Crippen molar-refractivity contribution in [2.45, 2.75) is 0 Å². The summed E-state index contributed by atoms with van der Waals surface area (Å²) in [5.74, 6) is -0.520. The van der Waals surface area contributed by atoms with Gasteiger partial charge < -0.3 is 4.74 Å². The molecule has 0 spiro atoms. The Morgan fingerprint density at radius 2 is 2.21 bits per heavy atom. The fraction of sp³-hybridized carbons (Fsp3) is 0.222. The number of halogens is 3. The molecule has 0 amide bonds. The summed E-state index contributed by atoms with van der Waals surface area (Å²) in [5, 5.41) is 0.0999. The molecule has 14 heavy (non-hydrogen) atoms. The van der Waals surface area contributed by atoms with Crippen LogP contribution in [0.25, 0.3) is 0 Å². The molecule has 0 aliphatic rings. The zero-order valence-corrected chi connectivity index (χ0v) is 10.5. The van der Waals surface area contributed by atoms with Gasteiger partial charge in [-0.05, 0) is 28.1 Å². The van der Waals surface area contributed by atoms with E-state index in [0.717, 1.165) is 0 Å². The summed E-state index contributed by atoms with van der Waals surface area (Å²) >= 11 is 6.00. The molecule has 2 nitrogen and oxygen atoms in total. The fourth-order valence-electron chi connectivity index (χ4n) is 0.977. The van der Waals surface area contributed by atoms with Crippen LogP contribution in [0.5, 0.6) is 5.75 Å². The van der Waals surface area contributed by atoms with Gasteiger partial charge in [0.05, 0.1) is 22.5 Å². The van der Waals surface area contributed by atoms with E-state index in [1.54, 1.807) is 6.07 Å². The normalized spacial score (nSPS) is 10.0. The first kappa shape index (κ1) is 11.7. The SMILES string of the molecule is COc1ccc(C(=O)CBr)c(F)c1Br. The average Bonchev–Trinajstić information content (AvgIpc) is 2.21. The second-order valence-electron chi connectivity index (χ2n) is 2.50. The van der Waals surface area contributed by atoms with E-state index in [1.807, 2.05) is 0 Å². The fourth-order valence-corrected chi connectivity index (χ4v) is 1.79. The van der Waals surface area contributed by atoms with Gasteiger partial charge in [-0.25, -0.2) is 4.39 Å². The molecule has 0 saturated heterocycles. The van der Waals surface area contributed by atoms with E-state index in [-0.39, 0.29) is 21.1 Å². The Hall–Kier alpha value is -0.420. The molecule has 1 aromatic rings. The molecule has 0 N–H and O–H groups in total. The lowest BCUT2D eigenvalue weighted by Gasteiger charge is -2.06. The van der Waals surface area contributed by atoms with Gasteiger partial charge in [0.2, 0.25) is 0 Å². The lowest BCUT2D eigenvalue weighted by Crippen LogP contribution is -2.04. The first-order valence-electron chi connectivity index (χ1n) is 3.73. The molecule has 76 valence electrons. The quantitative estimate of drug-likeness (QED) is 0.630. The van der Waals surface area contributed by atoms with Crippen LogP contribution in [0.3, 0.4) is 0 Å². The average molecular weight is 326 g/mol. The van der Waals surface area contributed by atoms with Crippen molar-refractivity contribution in [3.8, 4) is 5.75 Å². The standard InChI is InChI=1S/C9H7Br2FO2/c1-14-7-3-2-5(6(13)4-10)9(12)8(7)11/h2-3H,4H2,1H3. The minimum Gasteiger partial charge on any atom is -0.495 e. The molecule has 0 unspecified atom stereocenters. The summed E-state index contributed by atoms with van der Waals surface area (Å²) in [4.78, 5) is 11.2. The van der Waals surface area contributed by atoms with Crippen molar-refractivity contribution < 1.29 is 13.9 Å². The third-order valence-electron chi connectivity index (χ3n) is 1.69. The highest BCUT2D eigenvalue weighted by molar-refractivity contribution is 9.10. The third-order valence-corrected chi connectivity index (χ3v) is 2.94. The Kier molecular flexibility index (Phi) is 4.07. The van der Waals surface area contributed by atoms with Gasteiger partial charge in [-0.3, -0.25) is 4.79 Å². The first-order valence-corrected chi connectivity index (χ1v) is 5.64. The predicted molar refractivity (Wildman–Crippen MR) is 58.8 cm³/mol. The molecule has 0 aliphatic carbocycles. The molecule has 0 bridgehead atoms. The van der Waals surface area contributed by atoms with E-state index in [1.165, 1.54) is 13.2 Å². The Morgan fingerprint density at radius 3 is 2.71 bits per heavy atom. The predicted octanol–water partition coefficient (Wildman–Crippen LogP) is 3.17. The van der Waals surface area contributed by atoms with Crippen LogP contribution in [0.4, 0.5) is 4.39 Å². The molecule has 0 aliphatic heterocycles. The maximum absolute atomic E-state index is 13.5. The van der Waals surface area contributed by atoms with Crippen LogP contribution in [-0.4, -0.2) is 18.2 Å². The smallest absolute Gasteiger partial charge is 0.176 e. The Bertz CT molecular complexity index is 366. The van der Waals surface area contributed by atoms with Crippen molar-refractivity contribution in [3.05, 3.63) is 28.0 Å². The van der Waals surface area contributed by atoms with E-state index in [4.69, 9.17) is 4.74 Å². The summed E-state index contributed by atoms with van der Waals surface area (Å²) in [6.07, 6.45) is 0. The first-order chi connectivity index (χ1) is 6.61. The number of alkyl halides is 1. The van der Waals surface area contributed by atoms with Gasteiger partial charge in [-0.1, -0.05) is 15.9 Å². The number of rotatable bonds is 3. The Morgan fingerprint density at radius 1 is 1.57 bits per heavy atom. The highest BCUT2D eigenvalue weighted by Crippen LogP contribution is 2.29. The molecule has 1 rings (SSSR count). The van der Waals surface area contributed by atoms with Crippen molar-refractivity contribution >= 4 is 37.6 Å². The summed E-state index contributed by atoms with van der Waals surface area (Å²) < 4.78 is 18.6. The topological polar surface area (TPSA) is 26.3 Å². The van der Waals surface area contributed by atoms with Crippen LogP contribution in [0, 0.1) is 5.82 Å². The second-order valence-corrected chi connectivity index (χ2v) is 3.85. The number of ether oxygens (including phenoxy) is 1. The molecule has 0 atom stereocenters. The van der Waals surface area contributed by atoms with Gasteiger partial charge in [0.15, 0.2) is 11.6 Å². The molecule has 0 aromatic heterocycles. The van der Waals surface area contributed by atoms with Gasteiger partial charge in [0.1, 0.15) is 5.75 Å². The number of hydrogen-bond donors (Lipinski definition) is 0. The van der Waals surface area contributed by atoms with Crippen LogP contribution < -0.4 is 4.74 Å². The minimum atomic E-state index is -0.589. The van der Waals surface area contributed by atoms with E-state index >= 15 is 0 Å². The maximum atomic E-state index is 13.5. The van der Waals surface area contributed by atoms with Gasteiger partial charge in [-0.15, -0.1) is 0 Å². The number of ketones is 1. The minimum absolute atomic E-state index is 0.0505. The lowest BCUT2D eigenvalue weighted by molar-refractivity contribution is 0.102. The van der Waals surface area contributed by atoms with Crippen molar-refractivity contribution in [1.82, 2.24) is 0 Å². The zero-order valence-electron chi connectivity index (χ0n) is 7.31. The van der Waals surface area contributed by atoms with Crippen molar-refractivity contribution in [3.63, 3.8) is 0 Å². The third kappa shape index (κ3) is 2.15. The van der Waals surface area contributed by atoms with Crippen LogP contribution in [0.1, 0.15) is 10.4 Å². The van der Waals surface area contributed by atoms with Crippen LogP contribution in [-0.2, 0) is 0 Å². The van der Waals surface area contributed by atoms with Crippen molar-refractivity contribution in [2.75, 3.05) is 12.4 Å². The van der Waals surface area contributed by atoms with Gasteiger partial charge in [-0.2, -0.15) is 0 Å². The molecule has 0 heterocycles. The van der Waals surface area contributed by atoms with Gasteiger partial charge >= 0.3 is 0 Å². The van der Waals surface area contributed by atoms with Crippen molar-refractivity contribution in [2.24, 2.45) is 0 Å². The largest absolute Gasteiger partial charge is 0.495 e. The van der Waals surface area contributed by atoms with E-state index in [2.05, 4.69) is 31.9 Å². The Balaban J connectivity index is 3.24.